The molecular formula is C11H21N5O. The van der Waals surface area contributed by atoms with E-state index in [1.807, 2.05) is 4.68 Å². The van der Waals surface area contributed by atoms with Crippen molar-refractivity contribution in [1.82, 2.24) is 25.1 Å². The van der Waals surface area contributed by atoms with Crippen molar-refractivity contribution < 1.29 is 4.74 Å². The highest BCUT2D eigenvalue weighted by atomic mass is 16.5. The monoisotopic (exact) mass is 239 g/mol. The largest absolute Gasteiger partial charge is 0.379 e. The Morgan fingerprint density at radius 1 is 1.18 bits per heavy atom. The first-order valence-electron chi connectivity index (χ1n) is 6.14. The van der Waals surface area contributed by atoms with Crippen LogP contribution in [-0.4, -0.2) is 58.0 Å². The molecule has 1 aliphatic heterocycles. The van der Waals surface area contributed by atoms with Crippen LogP contribution in [0.2, 0.25) is 0 Å². The number of nitrogens with zero attached hydrogens (tertiary/aromatic N) is 5. The van der Waals surface area contributed by atoms with Gasteiger partial charge in [-0.05, 0) is 10.4 Å². The number of aromatic nitrogens is 4. The first-order chi connectivity index (χ1) is 8.07. The standard InChI is InChI=1S/C11H21N5O/c1-11(2,3)10-12-13-14-16(10)5-4-15-6-8-17-9-7-15/h4-9H2,1-3H3. The molecule has 0 saturated carbocycles. The molecule has 0 unspecified atom stereocenters. The SMILES string of the molecule is CC(C)(C)c1nnnn1CCN1CCOCC1. The third-order valence-electron chi connectivity index (χ3n) is 2.93. The highest BCUT2D eigenvalue weighted by Crippen LogP contribution is 2.18. The molecular weight excluding hydrogens is 218 g/mol. The Hall–Kier alpha value is -1.01. The van der Waals surface area contributed by atoms with Gasteiger partial charge in [0.15, 0.2) is 5.82 Å². The molecule has 17 heavy (non-hydrogen) atoms. The lowest BCUT2D eigenvalue weighted by molar-refractivity contribution is 0.0357. The molecule has 1 fully saturated rings. The van der Waals surface area contributed by atoms with Crippen LogP contribution in [0.3, 0.4) is 0 Å². The Morgan fingerprint density at radius 2 is 1.88 bits per heavy atom. The zero-order valence-electron chi connectivity index (χ0n) is 10.9. The van der Waals surface area contributed by atoms with E-state index in [1.54, 1.807) is 0 Å². The molecule has 0 bridgehead atoms. The summed E-state index contributed by atoms with van der Waals surface area (Å²) in [7, 11) is 0. The van der Waals surface area contributed by atoms with E-state index in [2.05, 4.69) is 41.2 Å². The zero-order valence-corrected chi connectivity index (χ0v) is 10.9. The fourth-order valence-corrected chi connectivity index (χ4v) is 1.95. The van der Waals surface area contributed by atoms with Crippen molar-refractivity contribution in [2.75, 3.05) is 32.8 Å². The van der Waals surface area contributed by atoms with E-state index in [-0.39, 0.29) is 5.41 Å². The first-order valence-corrected chi connectivity index (χ1v) is 6.14. The van der Waals surface area contributed by atoms with Crippen molar-refractivity contribution in [1.29, 1.82) is 0 Å². The molecule has 1 aromatic heterocycles. The lowest BCUT2D eigenvalue weighted by atomic mass is 9.96. The van der Waals surface area contributed by atoms with Gasteiger partial charge >= 0.3 is 0 Å². The summed E-state index contributed by atoms with van der Waals surface area (Å²) in [4.78, 5) is 2.39. The molecule has 2 rings (SSSR count). The second-order valence-electron chi connectivity index (χ2n) is 5.43. The smallest absolute Gasteiger partial charge is 0.156 e. The fourth-order valence-electron chi connectivity index (χ4n) is 1.95. The van der Waals surface area contributed by atoms with Crippen LogP contribution in [0, 0.1) is 0 Å². The Morgan fingerprint density at radius 3 is 2.53 bits per heavy atom. The molecule has 0 aliphatic carbocycles. The van der Waals surface area contributed by atoms with E-state index in [1.165, 1.54) is 0 Å². The highest BCUT2D eigenvalue weighted by molar-refractivity contribution is 4.98. The van der Waals surface area contributed by atoms with Crippen LogP contribution >= 0.6 is 0 Å². The van der Waals surface area contributed by atoms with Crippen LogP contribution in [-0.2, 0) is 16.7 Å². The van der Waals surface area contributed by atoms with Gasteiger partial charge in [0.25, 0.3) is 0 Å². The molecule has 0 spiro atoms. The van der Waals surface area contributed by atoms with Gasteiger partial charge in [-0.15, -0.1) is 5.10 Å². The molecule has 0 atom stereocenters. The maximum absolute atomic E-state index is 5.33. The molecule has 0 amide bonds. The zero-order chi connectivity index (χ0) is 12.3. The van der Waals surface area contributed by atoms with Gasteiger partial charge in [-0.3, -0.25) is 4.90 Å². The molecule has 0 aromatic carbocycles. The number of hydrogen-bond donors (Lipinski definition) is 0. The molecule has 1 aromatic rings. The minimum absolute atomic E-state index is 0.00545. The topological polar surface area (TPSA) is 56.1 Å². The van der Waals surface area contributed by atoms with Gasteiger partial charge in [0.05, 0.1) is 19.8 Å². The fraction of sp³-hybridized carbons (Fsp3) is 0.909. The van der Waals surface area contributed by atoms with Crippen molar-refractivity contribution in [3.05, 3.63) is 5.82 Å². The van der Waals surface area contributed by atoms with E-state index in [0.29, 0.717) is 0 Å². The summed E-state index contributed by atoms with van der Waals surface area (Å²) in [6.45, 7) is 11.9. The number of tetrazole rings is 1. The van der Waals surface area contributed by atoms with Crippen molar-refractivity contribution in [3.8, 4) is 0 Å². The first kappa shape index (κ1) is 12.4. The molecule has 0 N–H and O–H groups in total. The quantitative estimate of drug-likeness (QED) is 0.759. The molecule has 6 nitrogen and oxygen atoms in total. The Kier molecular flexibility index (Phi) is 3.73. The third kappa shape index (κ3) is 3.23. The number of hydrogen-bond acceptors (Lipinski definition) is 5. The van der Waals surface area contributed by atoms with Crippen molar-refractivity contribution in [2.45, 2.75) is 32.7 Å². The number of morpholine rings is 1. The van der Waals surface area contributed by atoms with Crippen LogP contribution in [0.25, 0.3) is 0 Å². The summed E-state index contributed by atoms with van der Waals surface area (Å²) in [6, 6.07) is 0. The van der Waals surface area contributed by atoms with Crippen LogP contribution in [0.5, 0.6) is 0 Å². The lowest BCUT2D eigenvalue weighted by Gasteiger charge is -2.27. The molecule has 1 saturated heterocycles. The van der Waals surface area contributed by atoms with Crippen molar-refractivity contribution in [3.63, 3.8) is 0 Å². The summed E-state index contributed by atoms with van der Waals surface area (Å²) in [5.74, 6) is 0.950. The Bertz CT molecular complexity index is 351. The van der Waals surface area contributed by atoms with Crippen LogP contribution in [0.15, 0.2) is 0 Å². The van der Waals surface area contributed by atoms with Gasteiger partial charge in [-0.2, -0.15) is 0 Å². The normalized spacial score (nSPS) is 18.5. The second kappa shape index (κ2) is 5.10. The third-order valence-corrected chi connectivity index (χ3v) is 2.93. The van der Waals surface area contributed by atoms with E-state index < -0.39 is 0 Å². The average molecular weight is 239 g/mol. The van der Waals surface area contributed by atoms with E-state index in [9.17, 15) is 0 Å². The predicted octanol–water partition coefficient (Wildman–Crippen LogP) is 0.303. The molecule has 0 radical (unpaired) electrons. The Labute approximate surface area is 102 Å². The average Bonchev–Trinajstić information content (AvgIpc) is 2.75. The van der Waals surface area contributed by atoms with Gasteiger partial charge in [0, 0.05) is 25.0 Å². The van der Waals surface area contributed by atoms with Crippen molar-refractivity contribution in [2.24, 2.45) is 0 Å². The van der Waals surface area contributed by atoms with Crippen molar-refractivity contribution >= 4 is 0 Å². The minimum atomic E-state index is -0.00545. The Balaban J connectivity index is 1.92. The lowest BCUT2D eigenvalue weighted by Crippen LogP contribution is -2.38. The van der Waals surface area contributed by atoms with E-state index in [0.717, 1.165) is 45.2 Å². The maximum atomic E-state index is 5.33. The van der Waals surface area contributed by atoms with Crippen LogP contribution in [0.4, 0.5) is 0 Å². The second-order valence-corrected chi connectivity index (χ2v) is 5.43. The van der Waals surface area contributed by atoms with Gasteiger partial charge in [0.1, 0.15) is 0 Å². The van der Waals surface area contributed by atoms with Crippen LogP contribution in [0.1, 0.15) is 26.6 Å². The van der Waals surface area contributed by atoms with Gasteiger partial charge < -0.3 is 4.74 Å². The van der Waals surface area contributed by atoms with E-state index >= 15 is 0 Å². The van der Waals surface area contributed by atoms with Gasteiger partial charge in [-0.1, -0.05) is 20.8 Å². The summed E-state index contributed by atoms with van der Waals surface area (Å²) >= 11 is 0. The predicted molar refractivity (Wildman–Crippen MR) is 63.8 cm³/mol. The maximum Gasteiger partial charge on any atom is 0.156 e. The summed E-state index contributed by atoms with van der Waals surface area (Å²) in [5, 5.41) is 11.9. The van der Waals surface area contributed by atoms with Gasteiger partial charge in [0.2, 0.25) is 0 Å². The molecule has 1 aliphatic rings. The summed E-state index contributed by atoms with van der Waals surface area (Å²) < 4.78 is 7.24. The minimum Gasteiger partial charge on any atom is -0.379 e. The number of rotatable bonds is 3. The molecule has 2 heterocycles. The van der Waals surface area contributed by atoms with E-state index in [4.69, 9.17) is 4.74 Å². The molecule has 6 heteroatoms. The van der Waals surface area contributed by atoms with Crippen LogP contribution < -0.4 is 0 Å². The number of ether oxygens (including phenoxy) is 1. The molecule has 96 valence electrons. The van der Waals surface area contributed by atoms with Gasteiger partial charge in [-0.25, -0.2) is 4.68 Å². The summed E-state index contributed by atoms with van der Waals surface area (Å²) in [6.07, 6.45) is 0. The highest BCUT2D eigenvalue weighted by Gasteiger charge is 2.22. The summed E-state index contributed by atoms with van der Waals surface area (Å²) in [5.41, 5.74) is -0.00545.